The van der Waals surface area contributed by atoms with Gasteiger partial charge in [-0.05, 0) is 35.9 Å². The van der Waals surface area contributed by atoms with Crippen molar-refractivity contribution in [3.8, 4) is 28.6 Å². The number of rotatable bonds is 8. The molecule has 0 aliphatic carbocycles. The van der Waals surface area contributed by atoms with E-state index in [4.69, 9.17) is 4.52 Å². The molecule has 0 spiro atoms. The zero-order valence-corrected chi connectivity index (χ0v) is 20.5. The molecule has 13 nitrogen and oxygen atoms in total. The number of anilines is 1. The number of phenols is 1. The van der Waals surface area contributed by atoms with Gasteiger partial charge in [0.15, 0.2) is 6.29 Å². The van der Waals surface area contributed by atoms with Crippen molar-refractivity contribution < 1.29 is 24.3 Å². The van der Waals surface area contributed by atoms with Gasteiger partial charge in [0.1, 0.15) is 17.0 Å². The van der Waals surface area contributed by atoms with Crippen molar-refractivity contribution >= 4 is 23.3 Å². The SMILES string of the molecule is O=Cc1cc(CN2CCN(c3ccc(-c4nc(-c5ccccc5[N+](=O)[O-])no4)cc3[N+](=O)[O-])CC2)ccc1O. The van der Waals surface area contributed by atoms with E-state index >= 15 is 0 Å². The van der Waals surface area contributed by atoms with Crippen LogP contribution in [0.3, 0.4) is 0 Å². The van der Waals surface area contributed by atoms with Crippen molar-refractivity contribution in [2.24, 2.45) is 0 Å². The van der Waals surface area contributed by atoms with Crippen LogP contribution in [0, 0.1) is 20.2 Å². The van der Waals surface area contributed by atoms with Gasteiger partial charge >= 0.3 is 0 Å². The molecule has 3 aromatic carbocycles. The van der Waals surface area contributed by atoms with Gasteiger partial charge in [0, 0.05) is 50.4 Å². The number of aromatic nitrogens is 2. The average Bonchev–Trinajstić information content (AvgIpc) is 3.44. The highest BCUT2D eigenvalue weighted by atomic mass is 16.6. The molecule has 0 amide bonds. The molecule has 4 aromatic rings. The predicted molar refractivity (Wildman–Crippen MR) is 139 cm³/mol. The first kappa shape index (κ1) is 25.5. The summed E-state index contributed by atoms with van der Waals surface area (Å²) < 4.78 is 5.29. The van der Waals surface area contributed by atoms with Crippen LogP contribution in [0.15, 0.2) is 65.2 Å². The van der Waals surface area contributed by atoms with E-state index in [0.29, 0.717) is 50.3 Å². The minimum absolute atomic E-state index is 0.00575. The fourth-order valence-corrected chi connectivity index (χ4v) is 4.54. The smallest absolute Gasteiger partial charge is 0.293 e. The third-order valence-corrected chi connectivity index (χ3v) is 6.52. The van der Waals surface area contributed by atoms with Crippen LogP contribution in [0.2, 0.25) is 0 Å². The van der Waals surface area contributed by atoms with Crippen LogP contribution in [0.1, 0.15) is 15.9 Å². The third-order valence-electron chi connectivity index (χ3n) is 6.52. The molecule has 198 valence electrons. The first-order valence-corrected chi connectivity index (χ1v) is 11.9. The molecule has 1 saturated heterocycles. The lowest BCUT2D eigenvalue weighted by atomic mass is 10.1. The largest absolute Gasteiger partial charge is 0.507 e. The highest BCUT2D eigenvalue weighted by molar-refractivity contribution is 5.79. The van der Waals surface area contributed by atoms with Gasteiger partial charge in [-0.1, -0.05) is 23.4 Å². The third kappa shape index (κ3) is 5.29. The summed E-state index contributed by atoms with van der Waals surface area (Å²) in [5.41, 5.74) is 1.77. The number of aldehydes is 1. The fraction of sp³-hybridized carbons (Fsp3) is 0.192. The first-order valence-electron chi connectivity index (χ1n) is 11.9. The molecular weight excluding hydrogens is 508 g/mol. The number of piperazine rings is 1. The van der Waals surface area contributed by atoms with Crippen LogP contribution >= 0.6 is 0 Å². The van der Waals surface area contributed by atoms with Crippen molar-refractivity contribution in [2.45, 2.75) is 6.54 Å². The van der Waals surface area contributed by atoms with Crippen LogP contribution < -0.4 is 4.90 Å². The number of nitro benzene ring substituents is 2. The summed E-state index contributed by atoms with van der Waals surface area (Å²) in [5.74, 6) is -0.0484. The van der Waals surface area contributed by atoms with Crippen LogP contribution in [0.25, 0.3) is 22.8 Å². The summed E-state index contributed by atoms with van der Waals surface area (Å²) in [6.45, 7) is 2.94. The van der Waals surface area contributed by atoms with Gasteiger partial charge in [-0.25, -0.2) is 0 Å². The number of nitrogens with zero attached hydrogens (tertiary/aromatic N) is 6. The van der Waals surface area contributed by atoms with Crippen LogP contribution in [-0.2, 0) is 6.54 Å². The Morgan fingerprint density at radius 3 is 2.41 bits per heavy atom. The lowest BCUT2D eigenvalue weighted by Crippen LogP contribution is -2.46. The molecule has 39 heavy (non-hydrogen) atoms. The Bertz CT molecular complexity index is 1560. The Hall–Kier alpha value is -5.17. The topological polar surface area (TPSA) is 169 Å². The number of benzene rings is 3. The second-order valence-electron chi connectivity index (χ2n) is 8.93. The number of para-hydroxylation sites is 1. The zero-order valence-electron chi connectivity index (χ0n) is 20.5. The van der Waals surface area contributed by atoms with Gasteiger partial charge in [-0.3, -0.25) is 29.9 Å². The average molecular weight is 530 g/mol. The van der Waals surface area contributed by atoms with E-state index in [9.17, 15) is 30.1 Å². The summed E-state index contributed by atoms with van der Waals surface area (Å²) in [7, 11) is 0. The maximum Gasteiger partial charge on any atom is 0.293 e. The van der Waals surface area contributed by atoms with Crippen molar-refractivity contribution in [1.29, 1.82) is 0 Å². The van der Waals surface area contributed by atoms with E-state index in [-0.39, 0.29) is 40.0 Å². The van der Waals surface area contributed by atoms with Gasteiger partial charge in [0.05, 0.1) is 15.4 Å². The Balaban J connectivity index is 1.32. The standard InChI is InChI=1S/C26H22N6O7/c33-16-19-13-17(5-8-24(19)34)15-29-9-11-30(12-10-29)22-7-6-18(14-23(22)32(37)38)26-27-25(28-39-26)20-3-1-2-4-21(20)31(35)36/h1-8,13-14,16,34H,9-12,15H2. The quantitative estimate of drug-likeness (QED) is 0.198. The van der Waals surface area contributed by atoms with E-state index in [2.05, 4.69) is 15.0 Å². The minimum atomic E-state index is -0.544. The number of aromatic hydroxyl groups is 1. The monoisotopic (exact) mass is 530 g/mol. The van der Waals surface area contributed by atoms with Crippen LogP contribution in [0.4, 0.5) is 17.1 Å². The van der Waals surface area contributed by atoms with Gasteiger partial charge in [0.25, 0.3) is 17.3 Å². The van der Waals surface area contributed by atoms with Crippen molar-refractivity contribution in [3.63, 3.8) is 0 Å². The molecule has 1 aliphatic heterocycles. The van der Waals surface area contributed by atoms with Gasteiger partial charge in [-0.2, -0.15) is 4.98 Å². The molecule has 0 atom stereocenters. The molecule has 0 saturated carbocycles. The van der Waals surface area contributed by atoms with E-state index < -0.39 is 9.85 Å². The first-order chi connectivity index (χ1) is 18.8. The van der Waals surface area contributed by atoms with Gasteiger partial charge in [-0.15, -0.1) is 0 Å². The summed E-state index contributed by atoms with van der Waals surface area (Å²) in [6, 6.07) is 15.5. The summed E-state index contributed by atoms with van der Waals surface area (Å²) in [5, 5.41) is 36.9. The van der Waals surface area contributed by atoms with Crippen LogP contribution in [-0.4, -0.2) is 62.5 Å². The molecule has 0 unspecified atom stereocenters. The summed E-state index contributed by atoms with van der Waals surface area (Å²) >= 11 is 0. The van der Waals surface area contributed by atoms with Crippen molar-refractivity contribution in [2.75, 3.05) is 31.1 Å². The Labute approximate surface area is 221 Å². The van der Waals surface area contributed by atoms with E-state index in [1.54, 1.807) is 30.3 Å². The Morgan fingerprint density at radius 1 is 0.949 bits per heavy atom. The maximum absolute atomic E-state index is 12.0. The fourth-order valence-electron chi connectivity index (χ4n) is 4.54. The summed E-state index contributed by atoms with van der Waals surface area (Å²) in [4.78, 5) is 41.7. The Kier molecular flexibility index (Phi) is 6.97. The molecule has 5 rings (SSSR count). The van der Waals surface area contributed by atoms with E-state index in [1.807, 2.05) is 4.90 Å². The molecule has 13 heteroatoms. The number of carbonyl (C=O) groups is 1. The molecule has 1 aliphatic rings. The highest BCUT2D eigenvalue weighted by Crippen LogP contribution is 2.35. The second-order valence-corrected chi connectivity index (χ2v) is 8.93. The van der Waals surface area contributed by atoms with Crippen molar-refractivity contribution in [3.05, 3.63) is 92.0 Å². The summed E-state index contributed by atoms with van der Waals surface area (Å²) in [6.07, 6.45) is 0.611. The molecular formula is C26H22N6O7. The predicted octanol–water partition coefficient (Wildman–Crippen LogP) is 4.06. The molecule has 0 bridgehead atoms. The van der Waals surface area contributed by atoms with E-state index in [0.717, 1.165) is 5.56 Å². The van der Waals surface area contributed by atoms with Crippen LogP contribution in [0.5, 0.6) is 5.75 Å². The highest BCUT2D eigenvalue weighted by Gasteiger charge is 2.26. The number of carbonyl (C=O) groups excluding carboxylic acids is 1. The van der Waals surface area contributed by atoms with E-state index in [1.165, 1.54) is 30.3 Å². The lowest BCUT2D eigenvalue weighted by molar-refractivity contribution is -0.384. The van der Waals surface area contributed by atoms with Crippen molar-refractivity contribution in [1.82, 2.24) is 15.0 Å². The molecule has 1 fully saturated rings. The zero-order chi connectivity index (χ0) is 27.5. The Morgan fingerprint density at radius 2 is 1.69 bits per heavy atom. The normalized spacial score (nSPS) is 13.8. The number of hydrogen-bond donors (Lipinski definition) is 1. The molecule has 1 aromatic heterocycles. The number of phenolic OH excluding ortho intramolecular Hbond substituents is 1. The van der Waals surface area contributed by atoms with Gasteiger partial charge in [0.2, 0.25) is 5.82 Å². The molecule has 2 heterocycles. The van der Waals surface area contributed by atoms with Gasteiger partial charge < -0.3 is 14.5 Å². The maximum atomic E-state index is 12.0. The number of hydrogen-bond acceptors (Lipinski definition) is 11. The molecule has 0 radical (unpaired) electrons. The second kappa shape index (κ2) is 10.7. The molecule has 1 N–H and O–H groups in total. The number of nitro groups is 2. The minimum Gasteiger partial charge on any atom is -0.507 e. The lowest BCUT2D eigenvalue weighted by Gasteiger charge is -2.35.